The number of amides is 2. The SMILES string of the molecule is Cc1nc2ccc(C(=O)NNC(=O)c3cccc(S(=O)(=O)N4CCOCC4)c3)cc2nc1C. The quantitative estimate of drug-likeness (QED) is 0.552. The highest BCUT2D eigenvalue weighted by molar-refractivity contribution is 7.89. The molecule has 0 radical (unpaired) electrons. The Labute approximate surface area is 191 Å². The Bertz CT molecular complexity index is 1340. The minimum absolute atomic E-state index is 0.00198. The van der Waals surface area contributed by atoms with Crippen molar-refractivity contribution in [2.75, 3.05) is 26.3 Å². The highest BCUT2D eigenvalue weighted by atomic mass is 32.2. The van der Waals surface area contributed by atoms with Crippen molar-refractivity contribution >= 4 is 32.9 Å². The van der Waals surface area contributed by atoms with Gasteiger partial charge in [0.25, 0.3) is 11.8 Å². The number of hydrogen-bond acceptors (Lipinski definition) is 7. The van der Waals surface area contributed by atoms with Crippen molar-refractivity contribution in [2.24, 2.45) is 0 Å². The smallest absolute Gasteiger partial charge is 0.269 e. The summed E-state index contributed by atoms with van der Waals surface area (Å²) in [5.41, 5.74) is 7.87. The fourth-order valence-electron chi connectivity index (χ4n) is 3.36. The number of sulfonamides is 1. The number of hydrazine groups is 1. The Morgan fingerprint density at radius 3 is 2.15 bits per heavy atom. The van der Waals surface area contributed by atoms with Crippen molar-refractivity contribution in [2.45, 2.75) is 18.7 Å². The second-order valence-electron chi connectivity index (χ2n) is 7.55. The van der Waals surface area contributed by atoms with Gasteiger partial charge in [-0.05, 0) is 50.2 Å². The van der Waals surface area contributed by atoms with E-state index in [2.05, 4.69) is 20.8 Å². The van der Waals surface area contributed by atoms with Gasteiger partial charge in [-0.3, -0.25) is 20.4 Å². The molecule has 2 aromatic carbocycles. The summed E-state index contributed by atoms with van der Waals surface area (Å²) in [6.07, 6.45) is 0. The molecule has 1 aromatic heterocycles. The Morgan fingerprint density at radius 1 is 0.879 bits per heavy atom. The van der Waals surface area contributed by atoms with Gasteiger partial charge in [0.1, 0.15) is 0 Å². The molecule has 0 saturated carbocycles. The van der Waals surface area contributed by atoms with Crippen molar-refractivity contribution in [3.05, 3.63) is 65.0 Å². The maximum absolute atomic E-state index is 12.8. The number of ether oxygens (including phenoxy) is 1. The number of benzene rings is 2. The summed E-state index contributed by atoms with van der Waals surface area (Å²) in [6, 6.07) is 10.5. The molecule has 2 N–H and O–H groups in total. The second kappa shape index (κ2) is 9.22. The Morgan fingerprint density at radius 2 is 1.48 bits per heavy atom. The fraction of sp³-hybridized carbons (Fsp3) is 0.273. The van der Waals surface area contributed by atoms with Gasteiger partial charge in [0.05, 0.1) is 40.5 Å². The molecule has 1 aliphatic rings. The fourth-order valence-corrected chi connectivity index (χ4v) is 4.82. The van der Waals surface area contributed by atoms with E-state index in [1.165, 1.54) is 28.6 Å². The summed E-state index contributed by atoms with van der Waals surface area (Å²) in [6.45, 7) is 4.85. The third-order valence-electron chi connectivity index (χ3n) is 5.33. The van der Waals surface area contributed by atoms with Gasteiger partial charge in [-0.15, -0.1) is 0 Å². The van der Waals surface area contributed by atoms with Crippen LogP contribution in [0.3, 0.4) is 0 Å². The van der Waals surface area contributed by atoms with E-state index in [0.29, 0.717) is 29.8 Å². The zero-order chi connectivity index (χ0) is 23.6. The molecule has 1 aliphatic heterocycles. The molecule has 2 heterocycles. The average Bonchev–Trinajstić information content (AvgIpc) is 2.83. The lowest BCUT2D eigenvalue weighted by Gasteiger charge is -2.26. The van der Waals surface area contributed by atoms with Crippen molar-refractivity contribution < 1.29 is 22.7 Å². The average molecular weight is 470 g/mol. The van der Waals surface area contributed by atoms with Crippen molar-refractivity contribution in [1.29, 1.82) is 0 Å². The normalized spacial score (nSPS) is 14.7. The van der Waals surface area contributed by atoms with Gasteiger partial charge in [0.2, 0.25) is 10.0 Å². The van der Waals surface area contributed by atoms with Gasteiger partial charge in [-0.25, -0.2) is 18.4 Å². The van der Waals surface area contributed by atoms with Crippen LogP contribution in [0.4, 0.5) is 0 Å². The topological polar surface area (TPSA) is 131 Å². The Hall–Kier alpha value is -3.41. The predicted molar refractivity (Wildman–Crippen MR) is 120 cm³/mol. The molecule has 0 spiro atoms. The molecule has 4 rings (SSSR count). The molecule has 1 fully saturated rings. The summed E-state index contributed by atoms with van der Waals surface area (Å²) in [4.78, 5) is 33.9. The minimum atomic E-state index is -3.75. The zero-order valence-corrected chi connectivity index (χ0v) is 19.0. The third kappa shape index (κ3) is 4.85. The van der Waals surface area contributed by atoms with Crippen LogP contribution in [0, 0.1) is 13.8 Å². The third-order valence-corrected chi connectivity index (χ3v) is 7.23. The van der Waals surface area contributed by atoms with Crippen LogP contribution in [-0.2, 0) is 14.8 Å². The van der Waals surface area contributed by atoms with Crippen molar-refractivity contribution in [3.63, 3.8) is 0 Å². The molecule has 0 aliphatic carbocycles. The molecule has 33 heavy (non-hydrogen) atoms. The number of nitrogens with zero attached hydrogens (tertiary/aromatic N) is 3. The summed E-state index contributed by atoms with van der Waals surface area (Å²) < 4.78 is 32.2. The molecular formula is C22H23N5O5S. The van der Waals surface area contributed by atoms with E-state index in [9.17, 15) is 18.0 Å². The standard InChI is InChI=1S/C22H23N5O5S/c1-14-15(2)24-20-13-17(6-7-19(20)23-14)22(29)26-25-21(28)16-4-3-5-18(12-16)33(30,31)27-8-10-32-11-9-27/h3-7,12-13H,8-11H2,1-2H3,(H,25,28)(H,26,29). The van der Waals surface area contributed by atoms with Crippen LogP contribution in [0.2, 0.25) is 0 Å². The number of carbonyl (C=O) groups is 2. The molecule has 1 saturated heterocycles. The van der Waals surface area contributed by atoms with Crippen LogP contribution in [0.25, 0.3) is 11.0 Å². The van der Waals surface area contributed by atoms with E-state index in [4.69, 9.17) is 4.74 Å². The molecule has 10 nitrogen and oxygen atoms in total. The highest BCUT2D eigenvalue weighted by Crippen LogP contribution is 2.18. The first-order valence-corrected chi connectivity index (χ1v) is 11.7. The van der Waals surface area contributed by atoms with Crippen LogP contribution in [0.1, 0.15) is 32.1 Å². The molecule has 3 aromatic rings. The number of aromatic nitrogens is 2. The van der Waals surface area contributed by atoms with E-state index >= 15 is 0 Å². The summed E-state index contributed by atoms with van der Waals surface area (Å²) in [5, 5.41) is 0. The summed E-state index contributed by atoms with van der Waals surface area (Å²) in [7, 11) is -3.75. The van der Waals surface area contributed by atoms with Crippen LogP contribution in [-0.4, -0.2) is 60.8 Å². The maximum Gasteiger partial charge on any atom is 0.269 e. The zero-order valence-electron chi connectivity index (χ0n) is 18.2. The van der Waals surface area contributed by atoms with Crippen molar-refractivity contribution in [1.82, 2.24) is 25.1 Å². The molecule has 2 amide bonds. The molecule has 11 heteroatoms. The van der Waals surface area contributed by atoms with Crippen LogP contribution in [0.5, 0.6) is 0 Å². The van der Waals surface area contributed by atoms with Gasteiger partial charge in [0.15, 0.2) is 0 Å². The number of morpholine rings is 1. The summed E-state index contributed by atoms with van der Waals surface area (Å²) in [5.74, 6) is -1.18. The first kappa shape index (κ1) is 22.8. The lowest BCUT2D eigenvalue weighted by molar-refractivity contribution is 0.0730. The maximum atomic E-state index is 12.8. The second-order valence-corrected chi connectivity index (χ2v) is 9.49. The minimum Gasteiger partial charge on any atom is -0.379 e. The van der Waals surface area contributed by atoms with Gasteiger partial charge in [-0.1, -0.05) is 6.07 Å². The molecule has 0 unspecified atom stereocenters. The monoisotopic (exact) mass is 469 g/mol. The predicted octanol–water partition coefficient (Wildman–Crippen LogP) is 1.34. The molecular weight excluding hydrogens is 446 g/mol. The van der Waals surface area contributed by atoms with Gasteiger partial charge < -0.3 is 4.74 Å². The Kier molecular flexibility index (Phi) is 6.36. The van der Waals surface area contributed by atoms with Crippen LogP contribution in [0.15, 0.2) is 47.4 Å². The Balaban J connectivity index is 1.45. The number of nitrogens with one attached hydrogen (secondary N) is 2. The highest BCUT2D eigenvalue weighted by Gasteiger charge is 2.27. The molecule has 0 atom stereocenters. The van der Waals surface area contributed by atoms with Gasteiger partial charge in [-0.2, -0.15) is 4.31 Å². The van der Waals surface area contributed by atoms with E-state index < -0.39 is 21.8 Å². The van der Waals surface area contributed by atoms with E-state index in [1.807, 2.05) is 13.8 Å². The lowest BCUT2D eigenvalue weighted by atomic mass is 10.1. The van der Waals surface area contributed by atoms with E-state index in [0.717, 1.165) is 11.4 Å². The molecule has 0 bridgehead atoms. The number of rotatable bonds is 4. The van der Waals surface area contributed by atoms with Gasteiger partial charge >= 0.3 is 0 Å². The number of hydrogen-bond donors (Lipinski definition) is 2. The van der Waals surface area contributed by atoms with Crippen LogP contribution < -0.4 is 10.9 Å². The summed E-state index contributed by atoms with van der Waals surface area (Å²) >= 11 is 0. The van der Waals surface area contributed by atoms with E-state index in [1.54, 1.807) is 18.2 Å². The lowest BCUT2D eigenvalue weighted by Crippen LogP contribution is -2.42. The van der Waals surface area contributed by atoms with Gasteiger partial charge in [0, 0.05) is 24.2 Å². The first-order chi connectivity index (χ1) is 15.8. The number of fused-ring (bicyclic) bond motifs is 1. The largest absolute Gasteiger partial charge is 0.379 e. The number of carbonyl (C=O) groups excluding carboxylic acids is 2. The van der Waals surface area contributed by atoms with Crippen molar-refractivity contribution in [3.8, 4) is 0 Å². The van der Waals surface area contributed by atoms with E-state index in [-0.39, 0.29) is 23.5 Å². The first-order valence-electron chi connectivity index (χ1n) is 10.3. The number of aryl methyl sites for hydroxylation is 2. The molecule has 172 valence electrons. The van der Waals surface area contributed by atoms with Crippen LogP contribution >= 0.6 is 0 Å².